The van der Waals surface area contributed by atoms with E-state index in [4.69, 9.17) is 0 Å². The van der Waals surface area contributed by atoms with Crippen LogP contribution < -0.4 is 4.90 Å². The Kier molecular flexibility index (Phi) is 9.28. The first-order valence-corrected chi connectivity index (χ1v) is 13.3. The minimum atomic E-state index is -5.10. The average molecular weight is 627 g/mol. The van der Waals surface area contributed by atoms with Gasteiger partial charge in [0, 0.05) is 32.2 Å². The van der Waals surface area contributed by atoms with Crippen molar-refractivity contribution in [3.05, 3.63) is 69.8 Å². The van der Waals surface area contributed by atoms with Crippen LogP contribution in [0.1, 0.15) is 65.6 Å². The zero-order chi connectivity index (χ0) is 31.7. The Balaban J connectivity index is 1.80. The number of aromatic nitrogens is 4. The highest BCUT2D eigenvalue weighted by molar-refractivity contribution is 5.42. The van der Waals surface area contributed by atoms with Crippen molar-refractivity contribution in [1.82, 2.24) is 25.1 Å². The van der Waals surface area contributed by atoms with E-state index in [9.17, 15) is 43.9 Å². The first kappa shape index (κ1) is 32.5. The lowest BCUT2D eigenvalue weighted by molar-refractivity contribution is -0.143. The van der Waals surface area contributed by atoms with E-state index < -0.39 is 66.1 Å². The van der Waals surface area contributed by atoms with Gasteiger partial charge in [-0.25, -0.2) is 4.39 Å². The maximum absolute atomic E-state index is 13.8. The largest absolute Gasteiger partial charge is 0.416 e. The predicted octanol–water partition coefficient (Wildman–Crippen LogP) is 7.36. The Hall–Kier alpha value is -3.43. The molecule has 0 N–H and O–H groups in total. The second kappa shape index (κ2) is 12.3. The first-order valence-electron chi connectivity index (χ1n) is 13.3. The summed E-state index contributed by atoms with van der Waals surface area (Å²) >= 11 is 0. The van der Waals surface area contributed by atoms with E-state index in [1.165, 1.54) is 18.0 Å². The van der Waals surface area contributed by atoms with Gasteiger partial charge in [0.05, 0.1) is 23.7 Å². The van der Waals surface area contributed by atoms with Crippen molar-refractivity contribution in [2.45, 2.75) is 70.0 Å². The Morgan fingerprint density at radius 2 is 1.42 bits per heavy atom. The molecule has 1 saturated heterocycles. The maximum Gasteiger partial charge on any atom is 0.416 e. The van der Waals surface area contributed by atoms with Gasteiger partial charge in [0.15, 0.2) is 0 Å². The second-order valence-corrected chi connectivity index (χ2v) is 10.4. The smallest absolute Gasteiger partial charge is 0.330 e. The molecule has 0 spiro atoms. The third kappa shape index (κ3) is 7.95. The summed E-state index contributed by atoms with van der Waals surface area (Å²) < 4.78 is 136. The molecular weight excluding hydrogens is 598 g/mol. The van der Waals surface area contributed by atoms with Gasteiger partial charge in [0.1, 0.15) is 6.17 Å². The lowest BCUT2D eigenvalue weighted by Crippen LogP contribution is -2.38. The number of alkyl halides is 10. The monoisotopic (exact) mass is 626 g/mol. The molecule has 236 valence electrons. The second-order valence-electron chi connectivity index (χ2n) is 10.4. The van der Waals surface area contributed by atoms with E-state index in [2.05, 4.69) is 15.4 Å². The third-order valence-corrected chi connectivity index (χ3v) is 7.28. The molecule has 4 rings (SSSR count). The van der Waals surface area contributed by atoms with Crippen molar-refractivity contribution in [3.8, 4) is 0 Å². The fourth-order valence-corrected chi connectivity index (χ4v) is 5.23. The zero-order valence-corrected chi connectivity index (χ0v) is 23.0. The molecule has 1 aromatic heterocycles. The van der Waals surface area contributed by atoms with Crippen LogP contribution in [0.15, 0.2) is 36.4 Å². The number of likely N-dealkylation sites (tertiary alicyclic amines) is 1. The quantitative estimate of drug-likeness (QED) is 0.245. The van der Waals surface area contributed by atoms with E-state index in [1.54, 1.807) is 0 Å². The molecule has 1 aliphatic heterocycles. The molecule has 0 radical (unpaired) electrons. The SMILES string of the molecule is CCC(c1ccc(C(F)(F)F)cc1CN(Cc1cc(C(F)(F)F)cc(C(F)(F)F)c1)c1nnn(C)n1)N1CCC(F)CC1. The molecule has 43 heavy (non-hydrogen) atoms. The van der Waals surface area contributed by atoms with Crippen LogP contribution in [0.2, 0.25) is 0 Å². The van der Waals surface area contributed by atoms with Gasteiger partial charge in [0.2, 0.25) is 0 Å². The summed E-state index contributed by atoms with van der Waals surface area (Å²) in [5, 5.41) is 11.5. The minimum absolute atomic E-state index is 0.00817. The lowest BCUT2D eigenvalue weighted by Gasteiger charge is -2.37. The predicted molar refractivity (Wildman–Crippen MR) is 135 cm³/mol. The van der Waals surface area contributed by atoms with Crippen molar-refractivity contribution in [3.63, 3.8) is 0 Å². The highest BCUT2D eigenvalue weighted by atomic mass is 19.4. The molecule has 2 heterocycles. The number of anilines is 1. The van der Waals surface area contributed by atoms with Gasteiger partial charge in [-0.1, -0.05) is 18.1 Å². The summed E-state index contributed by atoms with van der Waals surface area (Å²) in [5.74, 6) is -0.219. The summed E-state index contributed by atoms with van der Waals surface area (Å²) in [4.78, 5) is 4.12. The van der Waals surface area contributed by atoms with Gasteiger partial charge in [-0.2, -0.15) is 44.3 Å². The molecule has 3 aromatic rings. The lowest BCUT2D eigenvalue weighted by atomic mass is 9.93. The number of hydrogen-bond acceptors (Lipinski definition) is 5. The number of benzene rings is 2. The number of tetrazole rings is 1. The number of hydrogen-bond donors (Lipinski definition) is 0. The van der Waals surface area contributed by atoms with E-state index >= 15 is 0 Å². The molecular formula is C27H28F10N6. The third-order valence-electron chi connectivity index (χ3n) is 7.28. The van der Waals surface area contributed by atoms with E-state index in [-0.39, 0.29) is 30.4 Å². The summed E-state index contributed by atoms with van der Waals surface area (Å²) in [6, 6.07) is 3.77. The number of rotatable bonds is 8. The van der Waals surface area contributed by atoms with Gasteiger partial charge in [0.25, 0.3) is 5.95 Å². The molecule has 16 heteroatoms. The van der Waals surface area contributed by atoms with Crippen molar-refractivity contribution >= 4 is 5.95 Å². The number of halogens is 10. The van der Waals surface area contributed by atoms with Crippen LogP contribution in [0.3, 0.4) is 0 Å². The van der Waals surface area contributed by atoms with Gasteiger partial charge in [-0.15, -0.1) is 5.10 Å². The fourth-order valence-electron chi connectivity index (χ4n) is 5.23. The molecule has 1 aliphatic rings. The van der Waals surface area contributed by atoms with Gasteiger partial charge in [-0.3, -0.25) is 4.90 Å². The van der Waals surface area contributed by atoms with Crippen LogP contribution in [0.4, 0.5) is 49.9 Å². The highest BCUT2D eigenvalue weighted by Crippen LogP contribution is 2.38. The Labute approximate surface area is 240 Å². The molecule has 1 unspecified atom stereocenters. The molecule has 1 atom stereocenters. The minimum Gasteiger partial charge on any atom is -0.330 e. The Morgan fingerprint density at radius 1 is 0.837 bits per heavy atom. The van der Waals surface area contributed by atoms with Crippen LogP contribution in [-0.2, 0) is 38.7 Å². The first-order chi connectivity index (χ1) is 20.0. The topological polar surface area (TPSA) is 50.1 Å². The standard InChI is InChI=1S/C27H28F10N6/c1-3-23(42-8-6-21(28)7-9-42)22-5-4-18(25(29,30)31)12-17(22)15-43(24-38-40-41(2)39-24)14-16-10-19(26(32,33)34)13-20(11-16)27(35,36)37/h4-5,10-13,21,23H,3,6-9,14-15H2,1-2H3. The van der Waals surface area contributed by atoms with Gasteiger partial charge >= 0.3 is 18.5 Å². The van der Waals surface area contributed by atoms with Crippen molar-refractivity contribution in [1.29, 1.82) is 0 Å². The number of piperidine rings is 1. The van der Waals surface area contributed by atoms with Crippen molar-refractivity contribution in [2.75, 3.05) is 18.0 Å². The number of nitrogens with zero attached hydrogens (tertiary/aromatic N) is 6. The van der Waals surface area contributed by atoms with Crippen LogP contribution in [0.5, 0.6) is 0 Å². The van der Waals surface area contributed by atoms with E-state index in [0.29, 0.717) is 37.2 Å². The Morgan fingerprint density at radius 3 is 1.91 bits per heavy atom. The summed E-state index contributed by atoms with van der Waals surface area (Å²) in [5.41, 5.74) is -3.91. The summed E-state index contributed by atoms with van der Waals surface area (Å²) in [7, 11) is 1.37. The summed E-state index contributed by atoms with van der Waals surface area (Å²) in [6.07, 6.45) is -15.0. The molecule has 0 saturated carbocycles. The van der Waals surface area contributed by atoms with Crippen molar-refractivity contribution in [2.24, 2.45) is 7.05 Å². The molecule has 0 bridgehead atoms. The summed E-state index contributed by atoms with van der Waals surface area (Å²) in [6.45, 7) is 1.52. The number of aryl methyl sites for hydroxylation is 1. The van der Waals surface area contributed by atoms with E-state index in [1.807, 2.05) is 11.8 Å². The van der Waals surface area contributed by atoms with Crippen molar-refractivity contribution < 1.29 is 43.9 Å². The highest BCUT2D eigenvalue weighted by Gasteiger charge is 2.38. The molecule has 0 amide bonds. The average Bonchev–Trinajstić information content (AvgIpc) is 3.35. The maximum atomic E-state index is 13.8. The van der Waals surface area contributed by atoms with Crippen LogP contribution in [0.25, 0.3) is 0 Å². The fraction of sp³-hybridized carbons (Fsp3) is 0.519. The Bertz CT molecular complexity index is 1360. The van der Waals surface area contributed by atoms with Gasteiger partial charge < -0.3 is 4.90 Å². The normalized spacial score (nSPS) is 16.5. The molecule has 6 nitrogen and oxygen atoms in total. The van der Waals surface area contributed by atoms with Crippen LogP contribution in [0, 0.1) is 0 Å². The molecule has 2 aromatic carbocycles. The molecule has 0 aliphatic carbocycles. The zero-order valence-electron chi connectivity index (χ0n) is 23.0. The van der Waals surface area contributed by atoms with Crippen LogP contribution >= 0.6 is 0 Å². The molecule has 1 fully saturated rings. The van der Waals surface area contributed by atoms with E-state index in [0.717, 1.165) is 16.9 Å². The van der Waals surface area contributed by atoms with Gasteiger partial charge in [-0.05, 0) is 71.5 Å². The van der Waals surface area contributed by atoms with Crippen LogP contribution in [-0.4, -0.2) is 44.4 Å².